The molecule has 4 heteroatoms. The third-order valence-corrected chi connectivity index (χ3v) is 0.814. The van der Waals surface area contributed by atoms with Gasteiger partial charge in [0.25, 0.3) is 5.76 Å². The molecule has 0 N–H and O–H groups in total. The van der Waals surface area contributed by atoms with Gasteiger partial charge in [-0.1, -0.05) is 5.16 Å². The van der Waals surface area contributed by atoms with Crippen LogP contribution in [0.25, 0.3) is 5.01 Å². The van der Waals surface area contributed by atoms with Gasteiger partial charge in [-0.15, -0.1) is 6.42 Å². The first-order valence-corrected chi connectivity index (χ1v) is 2.38. The quantitative estimate of drug-likeness (QED) is 0.390. The van der Waals surface area contributed by atoms with Gasteiger partial charge in [0.05, 0.1) is 0 Å². The number of hydrogen-bond donors (Lipinski definition) is 0. The molecule has 48 valence electrons. The van der Waals surface area contributed by atoms with Gasteiger partial charge < -0.3 is 9.73 Å². The molecule has 0 atom stereocenters. The second kappa shape index (κ2) is 2.56. The van der Waals surface area contributed by atoms with Crippen LogP contribution in [-0.2, 0) is 0 Å². The van der Waals surface area contributed by atoms with E-state index < -0.39 is 0 Å². The Bertz CT molecular complexity index is 323. The predicted octanol–water partition coefficient (Wildman–Crippen LogP) is 0.835. The first kappa shape index (κ1) is 6.18. The summed E-state index contributed by atoms with van der Waals surface area (Å²) in [4.78, 5) is 0. The van der Waals surface area contributed by atoms with Gasteiger partial charge in [-0.2, -0.15) is 0 Å². The van der Waals surface area contributed by atoms with Crippen molar-refractivity contribution in [3.05, 3.63) is 27.7 Å². The molecule has 1 rings (SSSR count). The van der Waals surface area contributed by atoms with Crippen molar-refractivity contribution >= 4 is 0 Å². The van der Waals surface area contributed by atoms with Gasteiger partial charge in [-0.05, 0) is 5.92 Å². The van der Waals surface area contributed by atoms with Crippen LogP contribution in [-0.4, -0.2) is 5.16 Å². The molecule has 0 spiro atoms. The molecule has 1 heterocycles. The van der Waals surface area contributed by atoms with Crippen LogP contribution in [0, 0.1) is 23.6 Å². The van der Waals surface area contributed by atoms with E-state index in [4.69, 9.17) is 6.42 Å². The minimum Gasteiger partial charge on any atom is -0.498 e. The van der Waals surface area contributed by atoms with Gasteiger partial charge in [0.2, 0.25) is 0 Å². The highest BCUT2D eigenvalue weighted by Crippen LogP contribution is 1.99. The van der Waals surface area contributed by atoms with Crippen LogP contribution in [0.15, 0.2) is 10.6 Å². The summed E-state index contributed by atoms with van der Waals surface area (Å²) in [6, 6.07) is 3.40. The van der Waals surface area contributed by atoms with Crippen molar-refractivity contribution in [3.63, 3.8) is 0 Å². The molecule has 1 aromatic heterocycles. The summed E-state index contributed by atoms with van der Waals surface area (Å²) < 4.78 is 4.50. The molecule has 0 fully saturated rings. The van der Waals surface area contributed by atoms with Crippen LogP contribution in [0.1, 0.15) is 11.5 Å². The van der Waals surface area contributed by atoms with Crippen LogP contribution in [0.3, 0.4) is 0 Å². The van der Waals surface area contributed by atoms with Gasteiger partial charge in [0.15, 0.2) is 5.69 Å². The van der Waals surface area contributed by atoms with E-state index >= 15 is 0 Å². The van der Waals surface area contributed by atoms with Crippen LogP contribution in [0.4, 0.5) is 0 Å². The predicted molar refractivity (Wildman–Crippen MR) is 34.2 cm³/mol. The summed E-state index contributed by atoms with van der Waals surface area (Å²) in [7, 11) is 0. The van der Waals surface area contributed by atoms with Crippen LogP contribution < -0.4 is 0 Å². The van der Waals surface area contributed by atoms with Gasteiger partial charge in [-0.3, -0.25) is 0 Å². The summed E-state index contributed by atoms with van der Waals surface area (Å²) >= 11 is 0. The molecule has 0 bridgehead atoms. The van der Waals surface area contributed by atoms with Crippen molar-refractivity contribution < 1.29 is 4.52 Å². The molecule has 0 saturated carbocycles. The Morgan fingerprint density at radius 2 is 2.60 bits per heavy atom. The lowest BCUT2D eigenvalue weighted by Crippen LogP contribution is -1.64. The fourth-order valence-corrected chi connectivity index (χ4v) is 0.441. The third-order valence-electron chi connectivity index (χ3n) is 0.814. The Morgan fingerprint density at radius 3 is 3.10 bits per heavy atom. The molecule has 0 aromatic carbocycles. The monoisotopic (exact) mass is 134 g/mol. The zero-order valence-electron chi connectivity index (χ0n) is 4.87. The fraction of sp³-hybridized carbons (Fsp3) is 0. The maximum Gasteiger partial charge on any atom is 0.378 e. The fourth-order valence-electron chi connectivity index (χ4n) is 0.441. The topological polar surface area (TPSA) is 53.5 Å². The summed E-state index contributed by atoms with van der Waals surface area (Å²) in [5.41, 5.74) is 0.325. The standard InChI is InChI=1S/C6H2N2O2/c1-2-5-3-6(4-7-9)10-8-5/h1,3H. The molecule has 0 amide bonds. The molecule has 4 nitrogen and oxygen atoms in total. The van der Waals surface area contributed by atoms with Crippen molar-refractivity contribution in [2.45, 2.75) is 0 Å². The minimum atomic E-state index is 0.142. The van der Waals surface area contributed by atoms with E-state index in [0.29, 0.717) is 5.69 Å². The van der Waals surface area contributed by atoms with E-state index in [2.05, 4.69) is 20.6 Å². The van der Waals surface area contributed by atoms with Gasteiger partial charge in [0.1, 0.15) is 0 Å². The molecule has 1 aromatic rings. The van der Waals surface area contributed by atoms with Gasteiger partial charge >= 0.3 is 6.07 Å². The molecular weight excluding hydrogens is 132 g/mol. The zero-order valence-corrected chi connectivity index (χ0v) is 4.87. The number of nitrogens with zero attached hydrogens (tertiary/aromatic N) is 2. The molecular formula is C6H2N2O2. The Kier molecular flexibility index (Phi) is 1.58. The Morgan fingerprint density at radius 1 is 1.80 bits per heavy atom. The Balaban J connectivity index is 2.98. The van der Waals surface area contributed by atoms with E-state index in [-0.39, 0.29) is 5.76 Å². The summed E-state index contributed by atoms with van der Waals surface area (Å²) in [6.45, 7) is 0. The van der Waals surface area contributed by atoms with E-state index in [0.717, 1.165) is 0 Å². The highest BCUT2D eigenvalue weighted by atomic mass is 16.5. The second-order valence-electron chi connectivity index (χ2n) is 1.42. The molecule has 10 heavy (non-hydrogen) atoms. The maximum atomic E-state index is 9.57. The molecule has 0 aliphatic heterocycles. The highest BCUT2D eigenvalue weighted by molar-refractivity contribution is 5.30. The second-order valence-corrected chi connectivity index (χ2v) is 1.42. The summed E-state index contributed by atoms with van der Waals surface area (Å²) in [5.74, 6) is 2.36. The minimum absolute atomic E-state index is 0.142. The Hall–Kier alpha value is -1.94. The molecule has 0 aliphatic carbocycles. The van der Waals surface area contributed by atoms with Crippen molar-refractivity contribution in [1.82, 2.24) is 5.16 Å². The van der Waals surface area contributed by atoms with Crippen LogP contribution in [0.2, 0.25) is 0 Å². The highest BCUT2D eigenvalue weighted by Gasteiger charge is 2.01. The normalized spacial score (nSPS) is 7.50. The largest absolute Gasteiger partial charge is 0.498 e. The molecule has 0 saturated heterocycles. The van der Waals surface area contributed by atoms with Crippen LogP contribution in [0.5, 0.6) is 0 Å². The third kappa shape index (κ3) is 1.07. The van der Waals surface area contributed by atoms with E-state index in [9.17, 15) is 5.21 Å². The lowest BCUT2D eigenvalue weighted by Gasteiger charge is -1.62. The molecule has 0 unspecified atom stereocenters. The lowest BCUT2D eigenvalue weighted by atomic mass is 10.4. The van der Waals surface area contributed by atoms with E-state index in [1.165, 1.54) is 6.07 Å². The molecule has 0 aliphatic rings. The van der Waals surface area contributed by atoms with E-state index in [1.807, 2.05) is 6.07 Å². The lowest BCUT2D eigenvalue weighted by molar-refractivity contribution is 0.409. The summed E-state index contributed by atoms with van der Waals surface area (Å²) in [5, 5.41) is 15.3. The smallest absolute Gasteiger partial charge is 0.378 e. The maximum absolute atomic E-state index is 9.57. The number of hydrogen-bond acceptors (Lipinski definition) is 3. The average Bonchev–Trinajstić information content (AvgIpc) is 2.37. The van der Waals surface area contributed by atoms with Crippen molar-refractivity contribution in [3.8, 4) is 18.4 Å². The summed E-state index contributed by atoms with van der Waals surface area (Å²) in [6.07, 6.45) is 4.95. The number of terminal acetylenes is 1. The number of rotatable bonds is 0. The van der Waals surface area contributed by atoms with E-state index in [1.54, 1.807) is 0 Å². The van der Waals surface area contributed by atoms with Crippen LogP contribution >= 0.6 is 0 Å². The molecule has 0 radical (unpaired) electrons. The average molecular weight is 134 g/mol. The van der Waals surface area contributed by atoms with Crippen molar-refractivity contribution in [1.29, 1.82) is 0 Å². The van der Waals surface area contributed by atoms with Crippen molar-refractivity contribution in [2.75, 3.05) is 0 Å². The Labute approximate surface area is 56.8 Å². The number of aromatic nitrogens is 1. The van der Waals surface area contributed by atoms with Gasteiger partial charge in [-0.25, -0.2) is 0 Å². The van der Waals surface area contributed by atoms with Crippen molar-refractivity contribution in [2.24, 2.45) is 0 Å². The first-order valence-electron chi connectivity index (χ1n) is 2.38. The zero-order chi connectivity index (χ0) is 7.40. The SMILES string of the molecule is C#Cc1cc(C#[N+][O-])on1. The first-order chi connectivity index (χ1) is 4.86. The van der Waals surface area contributed by atoms with Gasteiger partial charge in [0, 0.05) is 11.1 Å².